The first kappa shape index (κ1) is 25.0. The molecule has 0 bridgehead atoms. The van der Waals surface area contributed by atoms with Crippen molar-refractivity contribution >= 4 is 46.3 Å². The Bertz CT molecular complexity index is 1480. The van der Waals surface area contributed by atoms with E-state index in [0.717, 1.165) is 4.88 Å². The van der Waals surface area contributed by atoms with Gasteiger partial charge in [-0.05, 0) is 49.1 Å². The van der Waals surface area contributed by atoms with Crippen molar-refractivity contribution < 1.29 is 19.0 Å². The molecule has 1 aliphatic rings. The van der Waals surface area contributed by atoms with Gasteiger partial charge in [0.05, 0.1) is 34.5 Å². The van der Waals surface area contributed by atoms with E-state index in [0.29, 0.717) is 42.7 Å². The van der Waals surface area contributed by atoms with Crippen molar-refractivity contribution in [1.82, 2.24) is 4.57 Å². The summed E-state index contributed by atoms with van der Waals surface area (Å²) in [5, 5.41) is 2.26. The summed E-state index contributed by atoms with van der Waals surface area (Å²) in [6.45, 7) is 7.65. The normalized spacial score (nSPS) is 15.4. The van der Waals surface area contributed by atoms with E-state index in [9.17, 15) is 9.59 Å². The highest BCUT2D eigenvalue weighted by molar-refractivity contribution is 7.10. The molecule has 0 saturated heterocycles. The number of nitrogens with zero attached hydrogens (tertiary/aromatic N) is 2. The fraction of sp³-hybridized carbons (Fsp3) is 0.240. The molecule has 0 unspecified atom stereocenters. The largest absolute Gasteiger partial charge is 0.493 e. The maximum Gasteiger partial charge on any atom is 0.338 e. The van der Waals surface area contributed by atoms with E-state index in [-0.39, 0.29) is 18.8 Å². The number of halogens is 1. The lowest BCUT2D eigenvalue weighted by molar-refractivity contribution is -0.139. The van der Waals surface area contributed by atoms with Crippen molar-refractivity contribution in [1.29, 1.82) is 0 Å². The number of carbonyl (C=O) groups excluding carboxylic acids is 1. The molecule has 4 rings (SSSR count). The van der Waals surface area contributed by atoms with Crippen LogP contribution in [-0.2, 0) is 9.53 Å². The molecule has 3 heterocycles. The van der Waals surface area contributed by atoms with Crippen LogP contribution < -0.4 is 24.4 Å². The highest BCUT2D eigenvalue weighted by Crippen LogP contribution is 2.37. The Morgan fingerprint density at radius 2 is 2.17 bits per heavy atom. The number of esters is 1. The number of allylic oxidation sites excluding steroid dienone is 1. The summed E-state index contributed by atoms with van der Waals surface area (Å²) in [6, 6.07) is 6.62. The van der Waals surface area contributed by atoms with E-state index < -0.39 is 12.0 Å². The van der Waals surface area contributed by atoms with Crippen LogP contribution in [0.4, 0.5) is 0 Å². The summed E-state index contributed by atoms with van der Waals surface area (Å²) in [7, 11) is 1.52. The maximum atomic E-state index is 13.6. The highest BCUT2D eigenvalue weighted by Gasteiger charge is 2.33. The van der Waals surface area contributed by atoms with Gasteiger partial charge in [0.25, 0.3) is 5.56 Å². The molecule has 0 saturated carbocycles. The molecule has 35 heavy (non-hydrogen) atoms. The van der Waals surface area contributed by atoms with Gasteiger partial charge in [-0.3, -0.25) is 9.36 Å². The van der Waals surface area contributed by atoms with Crippen LogP contribution in [0.25, 0.3) is 6.08 Å². The molecule has 0 amide bonds. The van der Waals surface area contributed by atoms with Crippen molar-refractivity contribution in [2.75, 3.05) is 20.3 Å². The standard InChI is InChI=1S/C25H23ClN2O5S2/c1-5-9-33-22-16(26)11-15(12-17(22)31-4)13-19-23(29)28-21(18-8-7-10-34-18)20(24(30)32-6-2)14(3)27-25(28)35-19/h5,7-8,10-13,21H,1,6,9H2,2-4H3/b19-13-/t21-/m0/s1. The fourth-order valence-corrected chi connectivity index (χ4v) is 5.91. The Balaban J connectivity index is 1.87. The first-order valence-corrected chi connectivity index (χ1v) is 12.8. The average Bonchev–Trinajstić information content (AvgIpc) is 3.46. The number of rotatable bonds is 8. The van der Waals surface area contributed by atoms with Crippen LogP contribution in [-0.4, -0.2) is 30.9 Å². The van der Waals surface area contributed by atoms with E-state index in [1.165, 1.54) is 29.8 Å². The van der Waals surface area contributed by atoms with Crippen molar-refractivity contribution in [2.24, 2.45) is 4.99 Å². The summed E-state index contributed by atoms with van der Waals surface area (Å²) in [5.41, 5.74) is 1.30. The molecule has 3 aromatic rings. The SMILES string of the molecule is C=CCOc1c(Cl)cc(/C=c2\sc3n(c2=O)[C@@H](c2cccs2)C(C(=O)OCC)=C(C)N=3)cc1OC. The van der Waals surface area contributed by atoms with Crippen LogP contribution in [0.1, 0.15) is 30.3 Å². The summed E-state index contributed by atoms with van der Waals surface area (Å²) < 4.78 is 18.3. The molecule has 7 nitrogen and oxygen atoms in total. The molecule has 2 aromatic heterocycles. The number of thiazole rings is 1. The molecular weight excluding hydrogens is 508 g/mol. The minimum Gasteiger partial charge on any atom is -0.493 e. The second kappa shape index (κ2) is 10.6. The Morgan fingerprint density at radius 1 is 1.37 bits per heavy atom. The maximum absolute atomic E-state index is 13.6. The summed E-state index contributed by atoms with van der Waals surface area (Å²) >= 11 is 9.15. The lowest BCUT2D eigenvalue weighted by atomic mass is 10.0. The number of benzene rings is 1. The zero-order valence-electron chi connectivity index (χ0n) is 19.4. The monoisotopic (exact) mass is 530 g/mol. The lowest BCUT2D eigenvalue weighted by Gasteiger charge is -2.23. The molecule has 0 fully saturated rings. The van der Waals surface area contributed by atoms with Crippen LogP contribution in [0.5, 0.6) is 11.5 Å². The number of hydrogen-bond donors (Lipinski definition) is 0. The lowest BCUT2D eigenvalue weighted by Crippen LogP contribution is -2.39. The van der Waals surface area contributed by atoms with Gasteiger partial charge < -0.3 is 14.2 Å². The minimum atomic E-state index is -0.611. The molecule has 182 valence electrons. The molecule has 0 radical (unpaired) electrons. The molecule has 1 atom stereocenters. The smallest absolute Gasteiger partial charge is 0.338 e. The van der Waals surface area contributed by atoms with Crippen LogP contribution in [0.2, 0.25) is 5.02 Å². The summed E-state index contributed by atoms with van der Waals surface area (Å²) in [4.78, 5) is 32.4. The number of thiophene rings is 1. The number of methoxy groups -OCH3 is 1. The third kappa shape index (κ3) is 4.84. The summed E-state index contributed by atoms with van der Waals surface area (Å²) in [6.07, 6.45) is 3.34. The topological polar surface area (TPSA) is 79.1 Å². The van der Waals surface area contributed by atoms with Gasteiger partial charge in [0, 0.05) is 4.88 Å². The van der Waals surface area contributed by atoms with E-state index in [1.54, 1.807) is 42.7 Å². The minimum absolute atomic E-state index is 0.228. The third-order valence-corrected chi connectivity index (χ3v) is 7.41. The molecule has 1 aromatic carbocycles. The molecule has 0 aliphatic carbocycles. The van der Waals surface area contributed by atoms with Gasteiger partial charge in [0.2, 0.25) is 0 Å². The summed E-state index contributed by atoms with van der Waals surface area (Å²) in [5.74, 6) is 0.364. The first-order valence-electron chi connectivity index (χ1n) is 10.7. The molecular formula is C25H23ClN2O5S2. The van der Waals surface area contributed by atoms with Gasteiger partial charge in [0.15, 0.2) is 16.3 Å². The van der Waals surface area contributed by atoms with Crippen molar-refractivity contribution in [2.45, 2.75) is 19.9 Å². The van der Waals surface area contributed by atoms with Crippen LogP contribution >= 0.6 is 34.3 Å². The second-order valence-corrected chi connectivity index (χ2v) is 9.85. The zero-order valence-corrected chi connectivity index (χ0v) is 21.8. The van der Waals surface area contributed by atoms with Crippen LogP contribution in [0, 0.1) is 0 Å². The van der Waals surface area contributed by atoms with E-state index in [4.69, 9.17) is 25.8 Å². The van der Waals surface area contributed by atoms with E-state index in [1.807, 2.05) is 17.5 Å². The third-order valence-electron chi connectivity index (χ3n) is 5.22. The number of hydrogen-bond acceptors (Lipinski definition) is 8. The van der Waals surface area contributed by atoms with Gasteiger partial charge >= 0.3 is 5.97 Å². The predicted octanol–water partition coefficient (Wildman–Crippen LogP) is 4.09. The van der Waals surface area contributed by atoms with Gasteiger partial charge in [-0.2, -0.15) is 0 Å². The van der Waals surface area contributed by atoms with Gasteiger partial charge in [-0.25, -0.2) is 9.79 Å². The number of fused-ring (bicyclic) bond motifs is 1. The van der Waals surface area contributed by atoms with E-state index >= 15 is 0 Å². The first-order chi connectivity index (χ1) is 16.9. The Hall–Kier alpha value is -3.14. The quantitative estimate of drug-likeness (QED) is 0.324. The highest BCUT2D eigenvalue weighted by atomic mass is 35.5. The predicted molar refractivity (Wildman–Crippen MR) is 138 cm³/mol. The van der Waals surface area contributed by atoms with Crippen molar-refractivity contribution in [3.05, 3.63) is 88.7 Å². The van der Waals surface area contributed by atoms with Crippen molar-refractivity contribution in [3.63, 3.8) is 0 Å². The second-order valence-electron chi connectivity index (χ2n) is 7.45. The van der Waals surface area contributed by atoms with Gasteiger partial charge in [-0.1, -0.05) is 41.7 Å². The number of ether oxygens (including phenoxy) is 3. The van der Waals surface area contributed by atoms with Crippen LogP contribution in [0.3, 0.4) is 0 Å². The fourth-order valence-electron chi connectivity index (χ4n) is 3.76. The number of carbonyl (C=O) groups is 1. The zero-order chi connectivity index (χ0) is 25.1. The molecule has 0 spiro atoms. The molecule has 10 heteroatoms. The number of aromatic nitrogens is 1. The Labute approximate surface area is 214 Å². The Kier molecular flexibility index (Phi) is 7.59. The molecule has 0 N–H and O–H groups in total. The van der Waals surface area contributed by atoms with E-state index in [2.05, 4.69) is 11.6 Å². The van der Waals surface area contributed by atoms with Gasteiger partial charge in [-0.15, -0.1) is 11.3 Å². The van der Waals surface area contributed by atoms with Crippen molar-refractivity contribution in [3.8, 4) is 11.5 Å². The Morgan fingerprint density at radius 3 is 2.83 bits per heavy atom. The van der Waals surface area contributed by atoms with Crippen LogP contribution in [0.15, 0.2) is 63.4 Å². The molecule has 1 aliphatic heterocycles. The van der Waals surface area contributed by atoms with Gasteiger partial charge in [0.1, 0.15) is 12.6 Å². The average molecular weight is 531 g/mol.